The van der Waals surface area contributed by atoms with Crippen molar-refractivity contribution in [3.63, 3.8) is 0 Å². The summed E-state index contributed by atoms with van der Waals surface area (Å²) in [7, 11) is 3.07. The molecule has 6 nitrogen and oxygen atoms in total. The average molecular weight is 294 g/mol. The molecular weight excluding hydrogens is 272 g/mol. The van der Waals surface area contributed by atoms with Crippen LogP contribution in [-0.4, -0.2) is 37.5 Å². The van der Waals surface area contributed by atoms with E-state index in [-0.39, 0.29) is 18.2 Å². The van der Waals surface area contributed by atoms with E-state index in [0.717, 1.165) is 19.3 Å². The molecule has 0 aromatic heterocycles. The molecule has 1 fully saturated rings. The number of methoxy groups -OCH3 is 2. The number of anilines is 1. The zero-order chi connectivity index (χ0) is 15.2. The molecule has 2 amide bonds. The minimum Gasteiger partial charge on any atom is -0.493 e. The van der Waals surface area contributed by atoms with Gasteiger partial charge in [-0.25, -0.2) is 4.79 Å². The van der Waals surface area contributed by atoms with Gasteiger partial charge in [-0.1, -0.05) is 6.07 Å². The fourth-order valence-corrected chi connectivity index (χ4v) is 2.62. The molecule has 2 rings (SSSR count). The minimum atomic E-state index is -0.324. The number of nitrogens with one attached hydrogen (secondary N) is 2. The lowest BCUT2D eigenvalue weighted by molar-refractivity contribution is 0.114. The highest BCUT2D eigenvalue weighted by Gasteiger charge is 2.22. The van der Waals surface area contributed by atoms with Crippen molar-refractivity contribution in [3.05, 3.63) is 18.2 Å². The van der Waals surface area contributed by atoms with Crippen LogP contribution in [0.15, 0.2) is 18.2 Å². The summed E-state index contributed by atoms with van der Waals surface area (Å²) in [6.45, 7) is 0. The number of amides is 2. The van der Waals surface area contributed by atoms with Crippen molar-refractivity contribution in [2.24, 2.45) is 0 Å². The van der Waals surface area contributed by atoms with Crippen molar-refractivity contribution in [2.75, 3.05) is 19.5 Å². The molecule has 21 heavy (non-hydrogen) atoms. The van der Waals surface area contributed by atoms with Crippen molar-refractivity contribution < 1.29 is 19.4 Å². The average Bonchev–Trinajstić information content (AvgIpc) is 2.46. The van der Waals surface area contributed by atoms with E-state index < -0.39 is 0 Å². The van der Waals surface area contributed by atoms with E-state index in [0.29, 0.717) is 23.6 Å². The molecule has 6 heteroatoms. The van der Waals surface area contributed by atoms with Crippen LogP contribution in [-0.2, 0) is 0 Å². The molecule has 0 radical (unpaired) electrons. The monoisotopic (exact) mass is 294 g/mol. The van der Waals surface area contributed by atoms with Crippen LogP contribution in [0.3, 0.4) is 0 Å². The second-order valence-corrected chi connectivity index (χ2v) is 5.16. The first-order valence-corrected chi connectivity index (χ1v) is 7.10. The summed E-state index contributed by atoms with van der Waals surface area (Å²) in [5.74, 6) is 1.04. The summed E-state index contributed by atoms with van der Waals surface area (Å²) in [5.41, 5.74) is 0.547. The Morgan fingerprint density at radius 2 is 2.10 bits per heavy atom. The van der Waals surface area contributed by atoms with Gasteiger partial charge in [0.2, 0.25) is 0 Å². The second-order valence-electron chi connectivity index (χ2n) is 5.16. The molecule has 0 bridgehead atoms. The molecule has 116 valence electrons. The van der Waals surface area contributed by atoms with Gasteiger partial charge >= 0.3 is 6.03 Å². The first-order chi connectivity index (χ1) is 10.1. The number of ether oxygens (including phenoxy) is 2. The zero-order valence-corrected chi connectivity index (χ0v) is 12.4. The standard InChI is InChI=1S/C15H22N2O4/c1-20-13-8-4-7-12(14(13)21-2)17-15(19)16-10-5-3-6-11(18)9-10/h4,7-8,10-11,18H,3,5-6,9H2,1-2H3,(H2,16,17,19)/t10-,11+/m0/s1. The highest BCUT2D eigenvalue weighted by atomic mass is 16.5. The van der Waals surface area contributed by atoms with Crippen molar-refractivity contribution >= 4 is 11.7 Å². The van der Waals surface area contributed by atoms with Gasteiger partial charge in [-0.2, -0.15) is 0 Å². The summed E-state index contributed by atoms with van der Waals surface area (Å²) < 4.78 is 10.5. The Balaban J connectivity index is 1.99. The Morgan fingerprint density at radius 3 is 2.76 bits per heavy atom. The van der Waals surface area contributed by atoms with Gasteiger partial charge in [0.1, 0.15) is 0 Å². The fourth-order valence-electron chi connectivity index (χ4n) is 2.62. The number of urea groups is 1. The number of aliphatic hydroxyl groups excluding tert-OH is 1. The smallest absolute Gasteiger partial charge is 0.319 e. The van der Waals surface area contributed by atoms with Crippen LogP contribution < -0.4 is 20.1 Å². The van der Waals surface area contributed by atoms with Crippen LogP contribution in [0.25, 0.3) is 0 Å². The largest absolute Gasteiger partial charge is 0.493 e. The van der Waals surface area contributed by atoms with E-state index in [1.54, 1.807) is 25.3 Å². The second kappa shape index (κ2) is 7.17. The van der Waals surface area contributed by atoms with Crippen molar-refractivity contribution in [3.8, 4) is 11.5 Å². The lowest BCUT2D eigenvalue weighted by Crippen LogP contribution is -2.41. The van der Waals surface area contributed by atoms with Gasteiger partial charge in [-0.05, 0) is 37.8 Å². The maximum absolute atomic E-state index is 12.1. The first kappa shape index (κ1) is 15.4. The molecule has 3 N–H and O–H groups in total. The van der Waals surface area contributed by atoms with Crippen LogP contribution in [0.4, 0.5) is 10.5 Å². The molecule has 0 heterocycles. The quantitative estimate of drug-likeness (QED) is 0.794. The normalized spacial score (nSPS) is 21.5. The van der Waals surface area contributed by atoms with Crippen molar-refractivity contribution in [1.82, 2.24) is 5.32 Å². The number of benzene rings is 1. The highest BCUT2D eigenvalue weighted by Crippen LogP contribution is 2.34. The third kappa shape index (κ3) is 4.01. The molecular formula is C15H22N2O4. The number of para-hydroxylation sites is 1. The number of carbonyl (C=O) groups is 1. The van der Waals surface area contributed by atoms with Crippen LogP contribution >= 0.6 is 0 Å². The lowest BCUT2D eigenvalue weighted by atomic mass is 9.93. The molecule has 2 atom stereocenters. The van der Waals surface area contributed by atoms with Crippen LogP contribution in [0.5, 0.6) is 11.5 Å². The Hall–Kier alpha value is -1.95. The van der Waals surface area contributed by atoms with Gasteiger partial charge in [0, 0.05) is 6.04 Å². The van der Waals surface area contributed by atoms with Gasteiger partial charge in [0.15, 0.2) is 11.5 Å². The molecule has 0 spiro atoms. The van der Waals surface area contributed by atoms with Gasteiger partial charge in [-0.15, -0.1) is 0 Å². The van der Waals surface area contributed by atoms with E-state index in [9.17, 15) is 9.90 Å². The molecule has 1 aliphatic rings. The van der Waals surface area contributed by atoms with E-state index in [4.69, 9.17) is 9.47 Å². The SMILES string of the molecule is COc1cccc(NC(=O)N[C@H]2CCC[C@@H](O)C2)c1OC. The van der Waals surface area contributed by atoms with E-state index in [1.165, 1.54) is 7.11 Å². The van der Waals surface area contributed by atoms with Gasteiger partial charge < -0.3 is 25.2 Å². The fraction of sp³-hybridized carbons (Fsp3) is 0.533. The van der Waals surface area contributed by atoms with Gasteiger partial charge in [0.05, 0.1) is 26.0 Å². The first-order valence-electron chi connectivity index (χ1n) is 7.10. The summed E-state index contributed by atoms with van der Waals surface area (Å²) in [4.78, 5) is 12.1. The van der Waals surface area contributed by atoms with E-state index >= 15 is 0 Å². The highest BCUT2D eigenvalue weighted by molar-refractivity contribution is 5.91. The summed E-state index contributed by atoms with van der Waals surface area (Å²) in [6, 6.07) is 4.99. The van der Waals surface area contributed by atoms with Crippen molar-refractivity contribution in [2.45, 2.75) is 37.8 Å². The maximum Gasteiger partial charge on any atom is 0.319 e. The third-order valence-corrected chi connectivity index (χ3v) is 3.63. The number of aliphatic hydroxyl groups is 1. The predicted octanol–water partition coefficient (Wildman–Crippen LogP) is 2.13. The Bertz CT molecular complexity index is 493. The topological polar surface area (TPSA) is 79.8 Å². The van der Waals surface area contributed by atoms with Gasteiger partial charge in [-0.3, -0.25) is 0 Å². The van der Waals surface area contributed by atoms with Crippen LogP contribution in [0, 0.1) is 0 Å². The molecule has 0 saturated heterocycles. The molecule has 1 aromatic carbocycles. The Labute approximate surface area is 124 Å². The maximum atomic E-state index is 12.1. The number of hydrogen-bond acceptors (Lipinski definition) is 4. The lowest BCUT2D eigenvalue weighted by Gasteiger charge is -2.26. The van der Waals surface area contributed by atoms with Gasteiger partial charge in [0.25, 0.3) is 0 Å². The Kier molecular flexibility index (Phi) is 5.27. The molecule has 1 saturated carbocycles. The summed E-state index contributed by atoms with van der Waals surface area (Å²) >= 11 is 0. The summed E-state index contributed by atoms with van der Waals surface area (Å²) in [5, 5.41) is 15.3. The molecule has 0 aliphatic heterocycles. The number of rotatable bonds is 4. The molecule has 1 aromatic rings. The third-order valence-electron chi connectivity index (χ3n) is 3.63. The van der Waals surface area contributed by atoms with Crippen LogP contribution in [0.1, 0.15) is 25.7 Å². The van der Waals surface area contributed by atoms with E-state index in [1.807, 2.05) is 0 Å². The number of hydrogen-bond donors (Lipinski definition) is 3. The number of carbonyl (C=O) groups excluding carboxylic acids is 1. The summed E-state index contributed by atoms with van der Waals surface area (Å²) in [6.07, 6.45) is 2.90. The Morgan fingerprint density at radius 1 is 1.29 bits per heavy atom. The van der Waals surface area contributed by atoms with Crippen LogP contribution in [0.2, 0.25) is 0 Å². The van der Waals surface area contributed by atoms with Crippen molar-refractivity contribution in [1.29, 1.82) is 0 Å². The predicted molar refractivity (Wildman–Crippen MR) is 80.0 cm³/mol. The zero-order valence-electron chi connectivity index (χ0n) is 12.4. The molecule has 1 aliphatic carbocycles. The van der Waals surface area contributed by atoms with E-state index in [2.05, 4.69) is 10.6 Å². The minimum absolute atomic E-state index is 0.00496. The molecule has 0 unspecified atom stereocenters.